The Kier molecular flexibility index (Phi) is 5.02. The molecule has 1 aromatic heterocycles. The number of nitrogens with one attached hydrogen (secondary N) is 1. The summed E-state index contributed by atoms with van der Waals surface area (Å²) in [5, 5.41) is 3.36. The minimum Gasteiger partial charge on any atom is -0.480 e. The molecule has 5 nitrogen and oxygen atoms in total. The first-order valence-electron chi connectivity index (χ1n) is 7.98. The fourth-order valence-electron chi connectivity index (χ4n) is 3.34. The molecule has 24 heavy (non-hydrogen) atoms. The molecule has 1 aromatic carbocycles. The third kappa shape index (κ3) is 3.09. The molecule has 3 heterocycles. The van der Waals surface area contributed by atoms with Crippen molar-refractivity contribution >= 4 is 18.3 Å². The van der Waals surface area contributed by atoms with E-state index in [1.165, 1.54) is 0 Å². The highest BCUT2D eigenvalue weighted by Gasteiger charge is 2.36. The van der Waals surface area contributed by atoms with Crippen molar-refractivity contribution in [2.24, 2.45) is 0 Å². The Morgan fingerprint density at radius 3 is 2.92 bits per heavy atom. The van der Waals surface area contributed by atoms with E-state index in [-0.39, 0.29) is 24.4 Å². The van der Waals surface area contributed by atoms with Gasteiger partial charge in [-0.3, -0.25) is 9.78 Å². The summed E-state index contributed by atoms with van der Waals surface area (Å²) in [6.07, 6.45) is 3.83. The van der Waals surface area contributed by atoms with Gasteiger partial charge in [0.25, 0.3) is 5.91 Å². The zero-order valence-corrected chi connectivity index (χ0v) is 14.0. The number of piperazine rings is 1. The number of benzene rings is 1. The smallest absolute Gasteiger partial charge is 0.264 e. The Balaban J connectivity index is 0.00000169. The molecule has 0 bridgehead atoms. The largest absolute Gasteiger partial charge is 0.480 e. The third-order valence-electron chi connectivity index (χ3n) is 4.52. The van der Waals surface area contributed by atoms with Crippen molar-refractivity contribution in [3.05, 3.63) is 59.9 Å². The number of amides is 1. The summed E-state index contributed by atoms with van der Waals surface area (Å²) in [6.45, 7) is 2.24. The van der Waals surface area contributed by atoms with Gasteiger partial charge in [0.1, 0.15) is 5.75 Å². The second-order valence-electron chi connectivity index (χ2n) is 5.96. The first-order chi connectivity index (χ1) is 11.3. The molecule has 0 saturated carbocycles. The number of halogens is 1. The molecule has 1 saturated heterocycles. The number of nitrogens with zero attached hydrogens (tertiary/aromatic N) is 2. The Morgan fingerprint density at radius 2 is 2.12 bits per heavy atom. The molecule has 2 unspecified atom stereocenters. The summed E-state index contributed by atoms with van der Waals surface area (Å²) in [5.74, 6) is 0.899. The molecule has 2 aliphatic heterocycles. The van der Waals surface area contributed by atoms with Gasteiger partial charge in [0.05, 0.1) is 6.04 Å². The van der Waals surface area contributed by atoms with Gasteiger partial charge in [0, 0.05) is 38.4 Å². The van der Waals surface area contributed by atoms with Crippen molar-refractivity contribution in [3.8, 4) is 5.75 Å². The molecule has 1 fully saturated rings. The predicted octanol–water partition coefficient (Wildman–Crippen LogP) is 1.98. The van der Waals surface area contributed by atoms with Crippen LogP contribution in [0.25, 0.3) is 0 Å². The van der Waals surface area contributed by atoms with Crippen LogP contribution in [0.4, 0.5) is 0 Å². The van der Waals surface area contributed by atoms with Crippen molar-refractivity contribution in [2.75, 3.05) is 19.6 Å². The molecular formula is C18H20ClN3O2. The summed E-state index contributed by atoms with van der Waals surface area (Å²) in [7, 11) is 0. The lowest BCUT2D eigenvalue weighted by molar-refractivity contribution is -0.141. The van der Waals surface area contributed by atoms with Gasteiger partial charge in [-0.25, -0.2) is 0 Å². The number of fused-ring (bicyclic) bond motifs is 1. The third-order valence-corrected chi connectivity index (χ3v) is 4.52. The maximum atomic E-state index is 13.0. The Labute approximate surface area is 147 Å². The number of carbonyl (C=O) groups is 1. The van der Waals surface area contributed by atoms with Crippen LogP contribution in [0.15, 0.2) is 48.8 Å². The molecule has 4 rings (SSSR count). The van der Waals surface area contributed by atoms with Crippen LogP contribution < -0.4 is 10.1 Å². The summed E-state index contributed by atoms with van der Waals surface area (Å²) >= 11 is 0. The number of pyridine rings is 1. The predicted molar refractivity (Wildman–Crippen MR) is 93.4 cm³/mol. The molecule has 2 aromatic rings. The monoisotopic (exact) mass is 345 g/mol. The van der Waals surface area contributed by atoms with Crippen molar-refractivity contribution in [1.82, 2.24) is 15.2 Å². The van der Waals surface area contributed by atoms with Crippen LogP contribution in [0.2, 0.25) is 0 Å². The fraction of sp³-hybridized carbons (Fsp3) is 0.333. The normalized spacial score (nSPS) is 22.2. The molecule has 2 aliphatic rings. The van der Waals surface area contributed by atoms with E-state index in [9.17, 15) is 4.79 Å². The number of rotatable bonds is 2. The standard InChI is InChI=1S/C18H19N3O2.ClH/c22-18(17-10-13-4-1-2-6-16(13)23-17)21-9-8-20-12-15(21)14-5-3-7-19-11-14;/h1-7,11,15,17,20H,8-10,12H2;1H. The first kappa shape index (κ1) is 16.7. The highest BCUT2D eigenvalue weighted by molar-refractivity contribution is 5.85. The lowest BCUT2D eigenvalue weighted by Crippen LogP contribution is -2.52. The van der Waals surface area contributed by atoms with E-state index in [0.29, 0.717) is 13.0 Å². The lowest BCUT2D eigenvalue weighted by Gasteiger charge is -2.37. The molecular weight excluding hydrogens is 326 g/mol. The molecule has 0 spiro atoms. The van der Waals surface area contributed by atoms with Crippen molar-refractivity contribution in [3.63, 3.8) is 0 Å². The van der Waals surface area contributed by atoms with Gasteiger partial charge < -0.3 is 15.0 Å². The van der Waals surface area contributed by atoms with Gasteiger partial charge in [0.2, 0.25) is 0 Å². The first-order valence-corrected chi connectivity index (χ1v) is 7.98. The van der Waals surface area contributed by atoms with E-state index >= 15 is 0 Å². The molecule has 6 heteroatoms. The SMILES string of the molecule is Cl.O=C(C1Cc2ccccc2O1)N1CCNCC1c1cccnc1. The van der Waals surface area contributed by atoms with Gasteiger partial charge >= 0.3 is 0 Å². The number of hydrogen-bond acceptors (Lipinski definition) is 4. The molecule has 0 radical (unpaired) electrons. The fourth-order valence-corrected chi connectivity index (χ4v) is 3.34. The van der Waals surface area contributed by atoms with Crippen LogP contribution in [-0.2, 0) is 11.2 Å². The lowest BCUT2D eigenvalue weighted by atomic mass is 10.0. The van der Waals surface area contributed by atoms with Gasteiger partial charge in [0.15, 0.2) is 6.10 Å². The summed E-state index contributed by atoms with van der Waals surface area (Å²) < 4.78 is 5.88. The van der Waals surface area contributed by atoms with Crippen LogP contribution in [0.3, 0.4) is 0 Å². The van der Waals surface area contributed by atoms with Crippen molar-refractivity contribution < 1.29 is 9.53 Å². The molecule has 2 atom stereocenters. The Bertz CT molecular complexity index is 685. The van der Waals surface area contributed by atoms with E-state index in [1.807, 2.05) is 47.5 Å². The summed E-state index contributed by atoms with van der Waals surface area (Å²) in [4.78, 5) is 19.1. The number of aromatic nitrogens is 1. The van der Waals surface area contributed by atoms with Crippen molar-refractivity contribution in [1.29, 1.82) is 0 Å². The highest BCUT2D eigenvalue weighted by Crippen LogP contribution is 2.31. The van der Waals surface area contributed by atoms with E-state index < -0.39 is 6.10 Å². The quantitative estimate of drug-likeness (QED) is 0.904. The summed E-state index contributed by atoms with van der Waals surface area (Å²) in [6, 6.07) is 11.8. The average molecular weight is 346 g/mol. The van der Waals surface area contributed by atoms with E-state index in [4.69, 9.17) is 4.74 Å². The molecule has 1 amide bonds. The second-order valence-corrected chi connectivity index (χ2v) is 5.96. The minimum absolute atomic E-state index is 0. The number of para-hydroxylation sites is 1. The second kappa shape index (κ2) is 7.20. The number of ether oxygens (including phenoxy) is 1. The van der Waals surface area contributed by atoms with Gasteiger partial charge in [-0.15, -0.1) is 12.4 Å². The van der Waals surface area contributed by atoms with Gasteiger partial charge in [-0.2, -0.15) is 0 Å². The van der Waals surface area contributed by atoms with Crippen LogP contribution in [0.5, 0.6) is 5.75 Å². The summed E-state index contributed by atoms with van der Waals surface area (Å²) in [5.41, 5.74) is 2.17. The van der Waals surface area contributed by atoms with Crippen LogP contribution in [0, 0.1) is 0 Å². The maximum absolute atomic E-state index is 13.0. The van der Waals surface area contributed by atoms with Crippen LogP contribution in [0.1, 0.15) is 17.2 Å². The Hall–Kier alpha value is -2.11. The van der Waals surface area contributed by atoms with E-state index in [2.05, 4.69) is 10.3 Å². The number of carbonyl (C=O) groups excluding carboxylic acids is 1. The van der Waals surface area contributed by atoms with E-state index in [1.54, 1.807) is 6.20 Å². The average Bonchev–Trinajstić information content (AvgIpc) is 3.06. The van der Waals surface area contributed by atoms with Gasteiger partial charge in [-0.05, 0) is 23.3 Å². The molecule has 1 N–H and O–H groups in total. The Morgan fingerprint density at radius 1 is 1.25 bits per heavy atom. The van der Waals surface area contributed by atoms with Crippen LogP contribution in [-0.4, -0.2) is 41.5 Å². The minimum atomic E-state index is -0.412. The zero-order chi connectivity index (χ0) is 15.6. The number of hydrogen-bond donors (Lipinski definition) is 1. The van der Waals surface area contributed by atoms with Gasteiger partial charge in [-0.1, -0.05) is 24.3 Å². The zero-order valence-electron chi connectivity index (χ0n) is 13.2. The highest BCUT2D eigenvalue weighted by atomic mass is 35.5. The van der Waals surface area contributed by atoms with Crippen molar-refractivity contribution in [2.45, 2.75) is 18.6 Å². The topological polar surface area (TPSA) is 54.5 Å². The molecule has 126 valence electrons. The maximum Gasteiger partial charge on any atom is 0.264 e. The van der Waals surface area contributed by atoms with E-state index in [0.717, 1.165) is 30.0 Å². The van der Waals surface area contributed by atoms with Crippen LogP contribution >= 0.6 is 12.4 Å². The molecule has 0 aliphatic carbocycles.